The van der Waals surface area contributed by atoms with Gasteiger partial charge in [-0.3, -0.25) is 0 Å². The molecule has 0 radical (unpaired) electrons. The molecule has 17 heavy (non-hydrogen) atoms. The average Bonchev–Trinajstić information content (AvgIpc) is 2.28. The number of hydrogen-bond donors (Lipinski definition) is 2. The predicted molar refractivity (Wildman–Crippen MR) is 64.4 cm³/mol. The number of nitrogens with two attached hydrogens (primary N) is 1. The van der Waals surface area contributed by atoms with Crippen molar-refractivity contribution < 1.29 is 19.4 Å². The third kappa shape index (κ3) is 4.32. The molecule has 0 aliphatic rings. The van der Waals surface area contributed by atoms with Gasteiger partial charge in [-0.25, -0.2) is 4.79 Å². The summed E-state index contributed by atoms with van der Waals surface area (Å²) >= 11 is 0. The van der Waals surface area contributed by atoms with Crippen molar-refractivity contribution in [1.82, 2.24) is 0 Å². The van der Waals surface area contributed by atoms with E-state index in [1.165, 1.54) is 18.2 Å². The molecule has 0 aliphatic carbocycles. The van der Waals surface area contributed by atoms with E-state index in [1.807, 2.05) is 6.92 Å². The second-order valence-corrected chi connectivity index (χ2v) is 3.52. The van der Waals surface area contributed by atoms with Crippen molar-refractivity contribution in [2.75, 3.05) is 25.6 Å². The van der Waals surface area contributed by atoms with Crippen LogP contribution in [0.3, 0.4) is 0 Å². The van der Waals surface area contributed by atoms with E-state index in [4.69, 9.17) is 20.3 Å². The maximum atomic E-state index is 10.9. The van der Waals surface area contributed by atoms with Crippen LogP contribution in [0.25, 0.3) is 0 Å². The van der Waals surface area contributed by atoms with Gasteiger partial charge in [-0.1, -0.05) is 6.92 Å². The smallest absolute Gasteiger partial charge is 0.339 e. The van der Waals surface area contributed by atoms with Crippen LogP contribution < -0.4 is 10.5 Å². The Bertz CT molecular complexity index is 379. The molecule has 0 bridgehead atoms. The molecule has 0 spiro atoms. The van der Waals surface area contributed by atoms with Crippen LogP contribution in [0.5, 0.6) is 5.75 Å². The van der Waals surface area contributed by atoms with Gasteiger partial charge in [-0.2, -0.15) is 0 Å². The van der Waals surface area contributed by atoms with Crippen molar-refractivity contribution in [3.8, 4) is 5.75 Å². The highest BCUT2D eigenvalue weighted by Gasteiger charge is 2.11. The first-order valence-corrected chi connectivity index (χ1v) is 5.48. The summed E-state index contributed by atoms with van der Waals surface area (Å²) in [7, 11) is 0. The largest absolute Gasteiger partial charge is 0.490 e. The van der Waals surface area contributed by atoms with Gasteiger partial charge >= 0.3 is 5.97 Å². The number of benzene rings is 1. The lowest BCUT2D eigenvalue weighted by molar-refractivity contribution is 0.0685. The Kier molecular flexibility index (Phi) is 5.29. The van der Waals surface area contributed by atoms with Crippen LogP contribution in [0.4, 0.5) is 5.69 Å². The average molecular weight is 239 g/mol. The second-order valence-electron chi connectivity index (χ2n) is 3.52. The Morgan fingerprint density at radius 1 is 1.35 bits per heavy atom. The SMILES string of the molecule is CCCOCCOc1cc(N)ccc1C(=O)O. The standard InChI is InChI=1S/C12H17NO4/c1-2-5-16-6-7-17-11-8-9(13)3-4-10(11)12(14)15/h3-4,8H,2,5-7,13H2,1H3,(H,14,15). The summed E-state index contributed by atoms with van der Waals surface area (Å²) in [5, 5.41) is 8.95. The third-order valence-corrected chi connectivity index (χ3v) is 2.07. The van der Waals surface area contributed by atoms with Crippen LogP contribution in [-0.2, 0) is 4.74 Å². The lowest BCUT2D eigenvalue weighted by Crippen LogP contribution is -2.10. The topological polar surface area (TPSA) is 81.8 Å². The van der Waals surface area contributed by atoms with Crippen LogP contribution in [-0.4, -0.2) is 30.9 Å². The minimum Gasteiger partial charge on any atom is -0.490 e. The van der Waals surface area contributed by atoms with E-state index in [0.29, 0.717) is 25.5 Å². The van der Waals surface area contributed by atoms with Gasteiger partial charge in [0.2, 0.25) is 0 Å². The maximum absolute atomic E-state index is 10.9. The van der Waals surface area contributed by atoms with E-state index in [0.717, 1.165) is 6.42 Å². The number of carbonyl (C=O) groups is 1. The molecular formula is C12H17NO4. The fourth-order valence-electron chi connectivity index (χ4n) is 1.29. The molecule has 5 nitrogen and oxygen atoms in total. The zero-order valence-electron chi connectivity index (χ0n) is 9.81. The van der Waals surface area contributed by atoms with Crippen molar-refractivity contribution in [3.63, 3.8) is 0 Å². The molecule has 1 aromatic rings. The first-order valence-electron chi connectivity index (χ1n) is 5.48. The number of carboxylic acids is 1. The van der Waals surface area contributed by atoms with Gasteiger partial charge in [-0.15, -0.1) is 0 Å². The molecule has 0 fully saturated rings. The number of aromatic carboxylic acids is 1. The highest BCUT2D eigenvalue weighted by molar-refractivity contribution is 5.91. The first-order chi connectivity index (χ1) is 8.15. The lowest BCUT2D eigenvalue weighted by Gasteiger charge is -2.10. The molecule has 5 heteroatoms. The van der Waals surface area contributed by atoms with Gasteiger partial charge in [0.05, 0.1) is 6.61 Å². The normalized spacial score (nSPS) is 10.2. The molecule has 0 unspecified atom stereocenters. The molecule has 0 saturated heterocycles. The Labute approximate surface area is 100 Å². The summed E-state index contributed by atoms with van der Waals surface area (Å²) in [6.07, 6.45) is 0.943. The van der Waals surface area contributed by atoms with E-state index in [2.05, 4.69) is 0 Å². The maximum Gasteiger partial charge on any atom is 0.339 e. The zero-order valence-corrected chi connectivity index (χ0v) is 9.81. The van der Waals surface area contributed by atoms with Gasteiger partial charge in [0, 0.05) is 18.4 Å². The van der Waals surface area contributed by atoms with E-state index < -0.39 is 5.97 Å². The Hall–Kier alpha value is -1.75. The van der Waals surface area contributed by atoms with Crippen molar-refractivity contribution in [2.24, 2.45) is 0 Å². The Balaban J connectivity index is 2.56. The summed E-state index contributed by atoms with van der Waals surface area (Å²) in [6.45, 7) is 3.43. The van der Waals surface area contributed by atoms with E-state index in [9.17, 15) is 4.79 Å². The summed E-state index contributed by atoms with van der Waals surface area (Å²) in [4.78, 5) is 10.9. The van der Waals surface area contributed by atoms with Crippen molar-refractivity contribution in [2.45, 2.75) is 13.3 Å². The van der Waals surface area contributed by atoms with Crippen LogP contribution in [0.1, 0.15) is 23.7 Å². The van der Waals surface area contributed by atoms with Crippen LogP contribution in [0, 0.1) is 0 Å². The van der Waals surface area contributed by atoms with E-state index in [-0.39, 0.29) is 11.3 Å². The van der Waals surface area contributed by atoms with Gasteiger partial charge in [0.25, 0.3) is 0 Å². The van der Waals surface area contributed by atoms with E-state index >= 15 is 0 Å². The highest BCUT2D eigenvalue weighted by Crippen LogP contribution is 2.21. The minimum atomic E-state index is -1.03. The molecule has 94 valence electrons. The third-order valence-electron chi connectivity index (χ3n) is 2.07. The highest BCUT2D eigenvalue weighted by atomic mass is 16.5. The van der Waals surface area contributed by atoms with Gasteiger partial charge in [0.15, 0.2) is 0 Å². The number of nitrogen functional groups attached to an aromatic ring is 1. The molecular weight excluding hydrogens is 222 g/mol. The van der Waals surface area contributed by atoms with Crippen molar-refractivity contribution in [3.05, 3.63) is 23.8 Å². The second kappa shape index (κ2) is 6.75. The molecule has 0 atom stereocenters. The molecule has 0 heterocycles. The lowest BCUT2D eigenvalue weighted by atomic mass is 10.2. The van der Waals surface area contributed by atoms with Crippen LogP contribution >= 0.6 is 0 Å². The van der Waals surface area contributed by atoms with Crippen LogP contribution in [0.2, 0.25) is 0 Å². The fraction of sp³-hybridized carbons (Fsp3) is 0.417. The van der Waals surface area contributed by atoms with Crippen molar-refractivity contribution in [1.29, 1.82) is 0 Å². The molecule has 0 amide bonds. The molecule has 0 saturated carbocycles. The van der Waals surface area contributed by atoms with Gasteiger partial charge < -0.3 is 20.3 Å². The summed E-state index contributed by atoms with van der Waals surface area (Å²) < 4.78 is 10.6. The van der Waals surface area contributed by atoms with Gasteiger partial charge in [-0.05, 0) is 18.6 Å². The number of ether oxygens (including phenoxy) is 2. The number of carboxylic acid groups (broad SMARTS) is 1. The van der Waals surface area contributed by atoms with Crippen LogP contribution in [0.15, 0.2) is 18.2 Å². The molecule has 0 aromatic heterocycles. The number of rotatable bonds is 7. The minimum absolute atomic E-state index is 0.106. The Morgan fingerprint density at radius 2 is 2.12 bits per heavy atom. The summed E-state index contributed by atoms with van der Waals surface area (Å²) in [6, 6.07) is 4.47. The molecule has 1 aromatic carbocycles. The zero-order chi connectivity index (χ0) is 12.7. The van der Waals surface area contributed by atoms with Gasteiger partial charge in [0.1, 0.15) is 17.9 Å². The Morgan fingerprint density at radius 3 is 2.76 bits per heavy atom. The predicted octanol–water partition coefficient (Wildman–Crippen LogP) is 1.77. The monoisotopic (exact) mass is 239 g/mol. The van der Waals surface area contributed by atoms with Crippen molar-refractivity contribution >= 4 is 11.7 Å². The number of hydrogen-bond acceptors (Lipinski definition) is 4. The quantitative estimate of drug-likeness (QED) is 0.559. The molecule has 1 rings (SSSR count). The summed E-state index contributed by atoms with van der Waals surface area (Å²) in [5.41, 5.74) is 6.15. The first kappa shape index (κ1) is 13.3. The fourth-order valence-corrected chi connectivity index (χ4v) is 1.29. The number of anilines is 1. The molecule has 0 aliphatic heterocycles. The molecule has 3 N–H and O–H groups in total. The summed E-state index contributed by atoms with van der Waals surface area (Å²) in [5.74, 6) is -0.757. The van der Waals surface area contributed by atoms with E-state index in [1.54, 1.807) is 0 Å².